The normalized spacial score (nSPS) is 14.5. The lowest BCUT2D eigenvalue weighted by atomic mass is 9.90. The van der Waals surface area contributed by atoms with Gasteiger partial charge in [0.05, 0.1) is 23.1 Å². The zero-order chi connectivity index (χ0) is 23.8. The van der Waals surface area contributed by atoms with Crippen LogP contribution in [-0.4, -0.2) is 49.8 Å². The Labute approximate surface area is 195 Å². The molecule has 2 N–H and O–H groups in total. The maximum absolute atomic E-state index is 14.1. The molecule has 9 heteroatoms. The largest absolute Gasteiger partial charge is 0.383 e. The van der Waals surface area contributed by atoms with Gasteiger partial charge in [-0.1, -0.05) is 18.2 Å². The highest BCUT2D eigenvalue weighted by atomic mass is 19.1. The number of carbonyl (C=O) groups is 2. The number of likely N-dealkylation sites (tertiary alicyclic amines) is 1. The third-order valence-corrected chi connectivity index (χ3v) is 6.42. The van der Waals surface area contributed by atoms with E-state index in [1.165, 1.54) is 10.6 Å². The van der Waals surface area contributed by atoms with Gasteiger partial charge < -0.3 is 10.6 Å². The molecule has 1 amide bonds. The summed E-state index contributed by atoms with van der Waals surface area (Å²) in [5.41, 5.74) is 10.2. The van der Waals surface area contributed by atoms with Crippen molar-refractivity contribution in [1.82, 2.24) is 24.5 Å². The van der Waals surface area contributed by atoms with Gasteiger partial charge in [0.2, 0.25) is 5.91 Å². The predicted molar refractivity (Wildman–Crippen MR) is 126 cm³/mol. The average molecular weight is 458 g/mol. The molecular formula is C25H23FN6O2. The van der Waals surface area contributed by atoms with Crippen LogP contribution in [0.5, 0.6) is 0 Å². The van der Waals surface area contributed by atoms with Gasteiger partial charge in [-0.25, -0.2) is 9.37 Å². The van der Waals surface area contributed by atoms with Crippen molar-refractivity contribution in [3.63, 3.8) is 0 Å². The Kier molecular flexibility index (Phi) is 5.53. The highest BCUT2D eigenvalue weighted by Crippen LogP contribution is 2.34. The summed E-state index contributed by atoms with van der Waals surface area (Å²) in [6.45, 7) is 2.78. The van der Waals surface area contributed by atoms with E-state index in [4.69, 9.17) is 10.7 Å². The Morgan fingerprint density at radius 3 is 2.53 bits per heavy atom. The maximum Gasteiger partial charge on any atom is 0.219 e. The fraction of sp³-hybridized carbons (Fsp3) is 0.240. The SMILES string of the molecule is CC(=O)N1CCC(c2nc3c(-c4ccc(-c5ccccc5F)nc4)cnn3c(N)c2C=O)CC1. The molecule has 0 spiro atoms. The first kappa shape index (κ1) is 21.7. The van der Waals surface area contributed by atoms with E-state index in [0.29, 0.717) is 59.7 Å². The van der Waals surface area contributed by atoms with Gasteiger partial charge in [0.15, 0.2) is 11.9 Å². The van der Waals surface area contributed by atoms with Crippen molar-refractivity contribution in [2.75, 3.05) is 18.8 Å². The van der Waals surface area contributed by atoms with Gasteiger partial charge in [-0.15, -0.1) is 0 Å². The molecule has 5 rings (SSSR count). The van der Waals surface area contributed by atoms with Gasteiger partial charge >= 0.3 is 0 Å². The van der Waals surface area contributed by atoms with Gasteiger partial charge in [-0.2, -0.15) is 9.61 Å². The first-order valence-electron chi connectivity index (χ1n) is 11.1. The number of piperidine rings is 1. The quantitative estimate of drug-likeness (QED) is 0.467. The number of hydrogen-bond donors (Lipinski definition) is 1. The number of amides is 1. The lowest BCUT2D eigenvalue weighted by Gasteiger charge is -2.31. The minimum Gasteiger partial charge on any atom is -0.383 e. The number of fused-ring (bicyclic) bond motifs is 1. The maximum atomic E-state index is 14.1. The van der Waals surface area contributed by atoms with Crippen molar-refractivity contribution in [1.29, 1.82) is 0 Å². The molecule has 1 aliphatic rings. The lowest BCUT2D eigenvalue weighted by Crippen LogP contribution is -2.36. The summed E-state index contributed by atoms with van der Waals surface area (Å²) < 4.78 is 15.6. The fourth-order valence-electron chi connectivity index (χ4n) is 4.53. The first-order valence-corrected chi connectivity index (χ1v) is 11.1. The van der Waals surface area contributed by atoms with Crippen LogP contribution in [0.2, 0.25) is 0 Å². The third kappa shape index (κ3) is 3.68. The number of halogens is 1. The molecule has 0 aliphatic carbocycles. The molecular weight excluding hydrogens is 435 g/mol. The molecule has 1 fully saturated rings. The minimum atomic E-state index is -0.338. The number of rotatable bonds is 4. The summed E-state index contributed by atoms with van der Waals surface area (Å²) in [6.07, 6.45) is 5.40. The number of hydrogen-bond acceptors (Lipinski definition) is 6. The van der Waals surface area contributed by atoms with Gasteiger partial charge in [0, 0.05) is 48.8 Å². The molecule has 8 nitrogen and oxygen atoms in total. The van der Waals surface area contributed by atoms with E-state index in [1.54, 1.807) is 48.5 Å². The summed E-state index contributed by atoms with van der Waals surface area (Å²) >= 11 is 0. The molecule has 172 valence electrons. The Balaban J connectivity index is 1.54. The van der Waals surface area contributed by atoms with Gasteiger partial charge in [0.25, 0.3) is 0 Å². The van der Waals surface area contributed by atoms with E-state index < -0.39 is 0 Å². The van der Waals surface area contributed by atoms with E-state index in [0.717, 1.165) is 11.8 Å². The van der Waals surface area contributed by atoms with E-state index in [9.17, 15) is 14.0 Å². The van der Waals surface area contributed by atoms with Crippen LogP contribution in [0.3, 0.4) is 0 Å². The molecule has 1 aromatic carbocycles. The molecule has 3 aromatic heterocycles. The Hall–Kier alpha value is -4.14. The number of nitrogen functional groups attached to an aromatic ring is 1. The minimum absolute atomic E-state index is 0.00686. The Morgan fingerprint density at radius 2 is 1.88 bits per heavy atom. The summed E-state index contributed by atoms with van der Waals surface area (Å²) in [4.78, 5) is 34.7. The second-order valence-electron chi connectivity index (χ2n) is 8.40. The molecule has 4 heterocycles. The van der Waals surface area contributed by atoms with E-state index >= 15 is 0 Å². The van der Waals surface area contributed by atoms with Crippen LogP contribution in [0, 0.1) is 5.82 Å². The van der Waals surface area contributed by atoms with Crippen molar-refractivity contribution in [3.05, 3.63) is 65.9 Å². The summed E-state index contributed by atoms with van der Waals surface area (Å²) in [5, 5.41) is 4.35. The summed E-state index contributed by atoms with van der Waals surface area (Å²) in [7, 11) is 0. The number of anilines is 1. The smallest absolute Gasteiger partial charge is 0.219 e. The van der Waals surface area contributed by atoms with Crippen molar-refractivity contribution in [2.24, 2.45) is 0 Å². The fourth-order valence-corrected chi connectivity index (χ4v) is 4.53. The van der Waals surface area contributed by atoms with Gasteiger partial charge in [-0.05, 0) is 31.0 Å². The summed E-state index contributed by atoms with van der Waals surface area (Å²) in [5.74, 6) is -0.0602. The topological polar surface area (TPSA) is 106 Å². The second kappa shape index (κ2) is 8.66. The predicted octanol–water partition coefficient (Wildman–Crippen LogP) is 3.72. The lowest BCUT2D eigenvalue weighted by molar-refractivity contribution is -0.129. The molecule has 1 aliphatic heterocycles. The van der Waals surface area contributed by atoms with Crippen molar-refractivity contribution >= 4 is 23.7 Å². The van der Waals surface area contributed by atoms with E-state index in [2.05, 4.69) is 10.1 Å². The molecule has 0 unspecified atom stereocenters. The number of aromatic nitrogens is 4. The standard InChI is InChI=1S/C25H23FN6O2/c1-15(34)31-10-8-16(9-11-31)23-20(14-33)24(27)32-25(30-23)19(13-29-32)17-6-7-22(28-12-17)18-4-2-3-5-21(18)26/h2-7,12-14,16H,8-11,27H2,1H3. The van der Waals surface area contributed by atoms with Crippen LogP contribution in [0.15, 0.2) is 48.8 Å². The molecule has 1 saturated heterocycles. The van der Waals surface area contributed by atoms with Crippen LogP contribution in [0.4, 0.5) is 10.2 Å². The van der Waals surface area contributed by atoms with Crippen LogP contribution >= 0.6 is 0 Å². The Bertz CT molecular complexity index is 1390. The zero-order valence-electron chi connectivity index (χ0n) is 18.6. The average Bonchev–Trinajstić information content (AvgIpc) is 3.29. The van der Waals surface area contributed by atoms with Crippen molar-refractivity contribution in [2.45, 2.75) is 25.7 Å². The number of pyridine rings is 1. The van der Waals surface area contributed by atoms with E-state index in [-0.39, 0.29) is 23.5 Å². The van der Waals surface area contributed by atoms with Crippen molar-refractivity contribution < 1.29 is 14.0 Å². The van der Waals surface area contributed by atoms with E-state index in [1.807, 2.05) is 6.07 Å². The Morgan fingerprint density at radius 1 is 1.12 bits per heavy atom. The molecule has 0 atom stereocenters. The molecule has 0 saturated carbocycles. The van der Waals surface area contributed by atoms with Crippen LogP contribution < -0.4 is 5.73 Å². The van der Waals surface area contributed by atoms with Gasteiger partial charge in [-0.3, -0.25) is 14.6 Å². The zero-order valence-corrected chi connectivity index (χ0v) is 18.6. The molecule has 0 bridgehead atoms. The molecule has 4 aromatic rings. The number of aldehydes is 1. The highest BCUT2D eigenvalue weighted by molar-refractivity contribution is 5.87. The number of nitrogens with zero attached hydrogens (tertiary/aromatic N) is 5. The number of benzene rings is 1. The van der Waals surface area contributed by atoms with Gasteiger partial charge in [0.1, 0.15) is 11.6 Å². The first-order chi connectivity index (χ1) is 16.5. The molecule has 34 heavy (non-hydrogen) atoms. The van der Waals surface area contributed by atoms with Crippen LogP contribution in [-0.2, 0) is 4.79 Å². The highest BCUT2D eigenvalue weighted by Gasteiger charge is 2.27. The van der Waals surface area contributed by atoms with Crippen LogP contribution in [0.1, 0.15) is 41.7 Å². The monoisotopic (exact) mass is 458 g/mol. The van der Waals surface area contributed by atoms with Crippen LogP contribution in [0.25, 0.3) is 28.0 Å². The number of nitrogens with two attached hydrogens (primary N) is 1. The molecule has 0 radical (unpaired) electrons. The second-order valence-corrected chi connectivity index (χ2v) is 8.40. The summed E-state index contributed by atoms with van der Waals surface area (Å²) in [6, 6.07) is 10.1. The third-order valence-electron chi connectivity index (χ3n) is 6.42. The van der Waals surface area contributed by atoms with Crippen molar-refractivity contribution in [3.8, 4) is 22.4 Å². The number of carbonyl (C=O) groups excluding carboxylic acids is 2.